The second-order valence-electron chi connectivity index (χ2n) is 4.28. The van der Waals surface area contributed by atoms with Crippen LogP contribution in [0.3, 0.4) is 0 Å². The van der Waals surface area contributed by atoms with Gasteiger partial charge in [0.25, 0.3) is 0 Å². The van der Waals surface area contributed by atoms with E-state index in [0.717, 1.165) is 0 Å². The van der Waals surface area contributed by atoms with Crippen molar-refractivity contribution in [1.29, 1.82) is 0 Å². The molecule has 1 aliphatic carbocycles. The number of halogens is 1. The first-order chi connectivity index (χ1) is 7.55. The zero-order chi connectivity index (χ0) is 12.1. The monoisotopic (exact) mass is 350 g/mol. The Morgan fingerprint density at radius 2 is 0.556 bits per heavy atom. The van der Waals surface area contributed by atoms with Crippen molar-refractivity contribution in [2.75, 3.05) is 0 Å². The summed E-state index contributed by atoms with van der Waals surface area (Å²) in [4.78, 5) is 0. The first-order valence-corrected chi connectivity index (χ1v) is 5.75. The van der Waals surface area contributed by atoms with Gasteiger partial charge >= 0.3 is 19.5 Å². The quantitative estimate of drug-likeness (QED) is 0.625. The van der Waals surface area contributed by atoms with Crippen LogP contribution in [-0.4, -0.2) is 0 Å². The van der Waals surface area contributed by atoms with Crippen LogP contribution in [0, 0.1) is 29.6 Å². The Labute approximate surface area is 132 Å². The van der Waals surface area contributed by atoms with Crippen molar-refractivity contribution in [1.82, 2.24) is 0 Å². The van der Waals surface area contributed by atoms with Crippen LogP contribution >= 0.6 is 0 Å². The Hall–Kier alpha value is 0.133. The summed E-state index contributed by atoms with van der Waals surface area (Å²) in [7, 11) is 0. The summed E-state index contributed by atoms with van der Waals surface area (Å²) in [6, 6.07) is 12.0. The van der Waals surface area contributed by atoms with Crippen LogP contribution in [0.25, 0.3) is 0 Å². The summed E-state index contributed by atoms with van der Waals surface area (Å²) < 4.78 is 0. The van der Waals surface area contributed by atoms with Gasteiger partial charge in [0, 0.05) is 0 Å². The average molecular weight is 350 g/mol. The van der Waals surface area contributed by atoms with Crippen LogP contribution in [0.4, 0.5) is 0 Å². The Kier molecular flexibility index (Phi) is 11.3. The molecule has 0 N–H and O–H groups in total. The van der Waals surface area contributed by atoms with E-state index < -0.39 is 0 Å². The van der Waals surface area contributed by atoms with Crippen molar-refractivity contribution in [2.45, 2.75) is 34.6 Å². The average Bonchev–Trinajstić information content (AvgIpc) is 2.51. The van der Waals surface area contributed by atoms with Crippen molar-refractivity contribution in [2.24, 2.45) is 0 Å². The minimum atomic E-state index is 0. The van der Waals surface area contributed by atoms with Gasteiger partial charge in [-0.05, 0) is 29.6 Å². The Balaban J connectivity index is 0. The molecule has 0 bridgehead atoms. The van der Waals surface area contributed by atoms with Gasteiger partial charge < -0.3 is 12.4 Å². The molecule has 0 atom stereocenters. The maximum Gasteiger partial charge on any atom is 2.00 e. The minimum absolute atomic E-state index is 0. The van der Waals surface area contributed by atoms with Crippen LogP contribution in [-0.2, 0) is 19.5 Å². The Bertz CT molecular complexity index is 217. The zero-order valence-electron chi connectivity index (χ0n) is 11.7. The Morgan fingerprint density at radius 3 is 0.667 bits per heavy atom. The number of hydrogen-bond donors (Lipinski definition) is 0. The van der Waals surface area contributed by atoms with E-state index in [1.54, 1.807) is 0 Å². The van der Waals surface area contributed by atoms with Crippen LogP contribution in [0.15, 0.2) is 36.4 Å². The van der Waals surface area contributed by atoms with E-state index in [4.69, 9.17) is 0 Å². The predicted molar refractivity (Wildman–Crippen MR) is 71.0 cm³/mol. The number of hydrogen-bond acceptors (Lipinski definition) is 0. The first kappa shape index (κ1) is 20.5. The van der Waals surface area contributed by atoms with E-state index in [9.17, 15) is 0 Å². The van der Waals surface area contributed by atoms with Crippen molar-refractivity contribution >= 4 is 0 Å². The second kappa shape index (κ2) is 9.99. The van der Waals surface area contributed by atoms with E-state index in [2.05, 4.69) is 34.6 Å². The molecule has 1 saturated carbocycles. The maximum atomic E-state index is 2.20. The molecular formula is C16H21ClRu+. The summed E-state index contributed by atoms with van der Waals surface area (Å²) >= 11 is 0. The molecule has 0 heterocycles. The van der Waals surface area contributed by atoms with Crippen LogP contribution < -0.4 is 12.4 Å². The van der Waals surface area contributed by atoms with E-state index in [-0.39, 0.29) is 31.9 Å². The van der Waals surface area contributed by atoms with Crippen molar-refractivity contribution in [3.63, 3.8) is 0 Å². The van der Waals surface area contributed by atoms with Gasteiger partial charge in [-0.15, -0.1) is 0 Å². The molecule has 0 aromatic heterocycles. The van der Waals surface area contributed by atoms with Gasteiger partial charge in [0.2, 0.25) is 0 Å². The molecule has 0 nitrogen and oxygen atoms in total. The molecular weight excluding hydrogens is 329 g/mol. The molecule has 2 rings (SSSR count). The van der Waals surface area contributed by atoms with Gasteiger partial charge in [0.1, 0.15) is 0 Å². The maximum absolute atomic E-state index is 2.20. The van der Waals surface area contributed by atoms with E-state index in [1.807, 2.05) is 36.4 Å². The van der Waals surface area contributed by atoms with Crippen LogP contribution in [0.1, 0.15) is 34.6 Å². The van der Waals surface area contributed by atoms with Gasteiger partial charge in [-0.1, -0.05) is 71.0 Å². The number of rotatable bonds is 0. The molecule has 18 heavy (non-hydrogen) atoms. The van der Waals surface area contributed by atoms with Crippen molar-refractivity contribution < 1.29 is 31.9 Å². The largest absolute Gasteiger partial charge is 2.00 e. The normalized spacial score (nSPS) is 18.5. The molecule has 0 spiro atoms. The second-order valence-corrected chi connectivity index (χ2v) is 4.28. The van der Waals surface area contributed by atoms with Gasteiger partial charge in [-0.3, -0.25) is 0 Å². The minimum Gasteiger partial charge on any atom is -1.00 e. The molecule has 1 aliphatic rings. The summed E-state index contributed by atoms with van der Waals surface area (Å²) in [5.74, 6) is 7.34. The molecule has 1 aromatic carbocycles. The molecule has 0 amide bonds. The summed E-state index contributed by atoms with van der Waals surface area (Å²) in [6.45, 7) is 11.0. The SMILES string of the molecule is C[C]1[C](C)[C](C)[C](C)[C]1C.[Cl-].[Ru+2].c1ccccc1. The fourth-order valence-electron chi connectivity index (χ4n) is 1.79. The predicted octanol–water partition coefficient (Wildman–Crippen LogP) is 1.66. The van der Waals surface area contributed by atoms with Crippen LogP contribution in [0.5, 0.6) is 0 Å². The molecule has 1 aromatic rings. The van der Waals surface area contributed by atoms with Crippen LogP contribution in [0.2, 0.25) is 0 Å². The fraction of sp³-hybridized carbons (Fsp3) is 0.312. The zero-order valence-corrected chi connectivity index (χ0v) is 14.2. The molecule has 0 aliphatic heterocycles. The summed E-state index contributed by atoms with van der Waals surface area (Å²) in [5.41, 5.74) is 0. The fourth-order valence-corrected chi connectivity index (χ4v) is 1.79. The smallest absolute Gasteiger partial charge is 1.00 e. The molecule has 99 valence electrons. The van der Waals surface area contributed by atoms with Gasteiger partial charge in [0.15, 0.2) is 0 Å². The van der Waals surface area contributed by atoms with Crippen molar-refractivity contribution in [3.8, 4) is 0 Å². The molecule has 0 saturated heterocycles. The molecule has 1 fully saturated rings. The number of benzene rings is 1. The van der Waals surface area contributed by atoms with Gasteiger partial charge in [-0.25, -0.2) is 0 Å². The third-order valence-electron chi connectivity index (χ3n) is 3.48. The standard InChI is InChI=1S/C10H15.C6H6.ClH.Ru/c1-6-7(2)9(4)10(5)8(6)3;1-2-4-6-5-3-1;;/h1-5H3;1-6H;1H;/q;;;+2/p-1. The van der Waals surface area contributed by atoms with Crippen molar-refractivity contribution in [3.05, 3.63) is 66.0 Å². The third kappa shape index (κ3) is 5.41. The first-order valence-electron chi connectivity index (χ1n) is 5.75. The molecule has 2 heteroatoms. The Morgan fingerprint density at radius 1 is 0.444 bits per heavy atom. The van der Waals surface area contributed by atoms with Gasteiger partial charge in [0.05, 0.1) is 0 Å². The molecule has 0 unspecified atom stereocenters. The summed E-state index contributed by atoms with van der Waals surface area (Å²) in [5, 5.41) is 0. The topological polar surface area (TPSA) is 0 Å². The third-order valence-corrected chi connectivity index (χ3v) is 3.48. The summed E-state index contributed by atoms with van der Waals surface area (Å²) in [6.07, 6.45) is 0. The van der Waals surface area contributed by atoms with E-state index in [0.29, 0.717) is 0 Å². The molecule has 5 radical (unpaired) electrons. The van der Waals surface area contributed by atoms with E-state index in [1.165, 1.54) is 29.6 Å². The van der Waals surface area contributed by atoms with Gasteiger partial charge in [-0.2, -0.15) is 0 Å². The van der Waals surface area contributed by atoms with E-state index >= 15 is 0 Å².